The molecule has 0 radical (unpaired) electrons. The minimum absolute atomic E-state index is 0.0933. The molecule has 2 aromatic rings. The van der Waals surface area contributed by atoms with Gasteiger partial charge in [-0.25, -0.2) is 0 Å². The summed E-state index contributed by atoms with van der Waals surface area (Å²) >= 11 is 0. The highest BCUT2D eigenvalue weighted by Crippen LogP contribution is 2.21. The molecule has 0 saturated heterocycles. The number of hydrogen-bond donors (Lipinski definition) is 0. The maximum Gasteiger partial charge on any atom is 0.166 e. The number of carbonyl (C=O) groups excluding carboxylic acids is 1. The van der Waals surface area contributed by atoms with E-state index in [9.17, 15) is 4.79 Å². The summed E-state index contributed by atoms with van der Waals surface area (Å²) < 4.78 is 7.72. The van der Waals surface area contributed by atoms with Gasteiger partial charge in [0.05, 0.1) is 11.3 Å². The molecule has 21 heavy (non-hydrogen) atoms. The maximum absolute atomic E-state index is 11.9. The third-order valence-electron chi connectivity index (χ3n) is 3.59. The first-order valence-electron chi connectivity index (χ1n) is 7.44. The third kappa shape index (κ3) is 3.72. The zero-order valence-corrected chi connectivity index (χ0v) is 12.9. The first kappa shape index (κ1) is 15.3. The Balaban J connectivity index is 2.06. The standard InChI is InChI=1S/C17H22N2O2/c1-4-13(3)19-11-10-14(18-19)12-21-17-9-7-6-8-15(17)16(20)5-2/h6-11,13H,4-5,12H2,1-3H3. The second-order valence-corrected chi connectivity index (χ2v) is 5.11. The number of benzene rings is 1. The van der Waals surface area contributed by atoms with Gasteiger partial charge in [-0.1, -0.05) is 26.0 Å². The van der Waals surface area contributed by atoms with Crippen LogP contribution in [0.5, 0.6) is 5.75 Å². The first-order valence-corrected chi connectivity index (χ1v) is 7.44. The van der Waals surface area contributed by atoms with Gasteiger partial charge in [0.15, 0.2) is 5.78 Å². The van der Waals surface area contributed by atoms with E-state index < -0.39 is 0 Å². The molecule has 1 aromatic carbocycles. The highest BCUT2D eigenvalue weighted by Gasteiger charge is 2.11. The Morgan fingerprint density at radius 3 is 2.76 bits per heavy atom. The average Bonchev–Trinajstić information content (AvgIpc) is 3.00. The summed E-state index contributed by atoms with van der Waals surface area (Å²) in [6.07, 6.45) is 3.48. The molecule has 0 fully saturated rings. The minimum atomic E-state index is 0.0933. The van der Waals surface area contributed by atoms with Gasteiger partial charge in [-0.2, -0.15) is 5.10 Å². The van der Waals surface area contributed by atoms with E-state index >= 15 is 0 Å². The molecule has 0 saturated carbocycles. The van der Waals surface area contributed by atoms with Gasteiger partial charge in [-0.05, 0) is 31.5 Å². The van der Waals surface area contributed by atoms with E-state index in [1.165, 1.54) is 0 Å². The summed E-state index contributed by atoms with van der Waals surface area (Å²) in [7, 11) is 0. The van der Waals surface area contributed by atoms with Crippen LogP contribution >= 0.6 is 0 Å². The molecular formula is C17H22N2O2. The van der Waals surface area contributed by atoms with Crippen LogP contribution in [-0.4, -0.2) is 15.6 Å². The number of rotatable bonds is 7. The lowest BCUT2D eigenvalue weighted by atomic mass is 10.1. The monoisotopic (exact) mass is 286 g/mol. The van der Waals surface area contributed by atoms with Crippen LogP contribution in [0.2, 0.25) is 0 Å². The van der Waals surface area contributed by atoms with Crippen molar-refractivity contribution in [2.45, 2.75) is 46.3 Å². The first-order chi connectivity index (χ1) is 10.2. The highest BCUT2D eigenvalue weighted by atomic mass is 16.5. The van der Waals surface area contributed by atoms with Crippen LogP contribution in [0.15, 0.2) is 36.5 Å². The normalized spacial score (nSPS) is 12.1. The lowest BCUT2D eigenvalue weighted by molar-refractivity contribution is 0.0983. The van der Waals surface area contributed by atoms with Crippen molar-refractivity contribution in [2.24, 2.45) is 0 Å². The van der Waals surface area contributed by atoms with Gasteiger partial charge < -0.3 is 4.74 Å². The fraction of sp³-hybridized carbons (Fsp3) is 0.412. The van der Waals surface area contributed by atoms with E-state index in [4.69, 9.17) is 4.74 Å². The van der Waals surface area contributed by atoms with Gasteiger partial charge in [0.2, 0.25) is 0 Å². The van der Waals surface area contributed by atoms with E-state index in [1.54, 1.807) is 6.07 Å². The third-order valence-corrected chi connectivity index (χ3v) is 3.59. The summed E-state index contributed by atoms with van der Waals surface area (Å²) in [5, 5.41) is 4.50. The number of nitrogens with zero attached hydrogens (tertiary/aromatic N) is 2. The fourth-order valence-corrected chi connectivity index (χ4v) is 2.05. The smallest absolute Gasteiger partial charge is 0.166 e. The molecule has 4 heteroatoms. The predicted molar refractivity (Wildman–Crippen MR) is 82.6 cm³/mol. The van der Waals surface area contributed by atoms with Gasteiger partial charge in [-0.15, -0.1) is 0 Å². The van der Waals surface area contributed by atoms with E-state index in [1.807, 2.05) is 42.1 Å². The minimum Gasteiger partial charge on any atom is -0.486 e. The molecule has 0 bridgehead atoms. The Morgan fingerprint density at radius 1 is 1.29 bits per heavy atom. The van der Waals surface area contributed by atoms with Crippen molar-refractivity contribution in [1.29, 1.82) is 0 Å². The lowest BCUT2D eigenvalue weighted by Gasteiger charge is -2.10. The number of ketones is 1. The highest BCUT2D eigenvalue weighted by molar-refractivity contribution is 5.98. The fourth-order valence-electron chi connectivity index (χ4n) is 2.05. The van der Waals surface area contributed by atoms with Crippen LogP contribution in [0.25, 0.3) is 0 Å². The molecule has 1 unspecified atom stereocenters. The van der Waals surface area contributed by atoms with E-state index in [0.717, 1.165) is 12.1 Å². The molecule has 1 atom stereocenters. The van der Waals surface area contributed by atoms with Crippen molar-refractivity contribution >= 4 is 5.78 Å². The molecular weight excluding hydrogens is 264 g/mol. The van der Waals surface area contributed by atoms with Gasteiger partial charge in [0.1, 0.15) is 12.4 Å². The molecule has 0 N–H and O–H groups in total. The summed E-state index contributed by atoms with van der Waals surface area (Å²) in [5.74, 6) is 0.721. The predicted octanol–water partition coefficient (Wildman–Crippen LogP) is 4.03. The lowest BCUT2D eigenvalue weighted by Crippen LogP contribution is -2.07. The Hall–Kier alpha value is -2.10. The molecule has 0 aliphatic heterocycles. The van der Waals surface area contributed by atoms with Crippen LogP contribution in [0.3, 0.4) is 0 Å². The Morgan fingerprint density at radius 2 is 2.05 bits per heavy atom. The Kier molecular flexibility index (Phi) is 5.14. The van der Waals surface area contributed by atoms with Crippen LogP contribution in [0.1, 0.15) is 55.7 Å². The molecule has 0 aliphatic rings. The van der Waals surface area contributed by atoms with Crippen LogP contribution in [0.4, 0.5) is 0 Å². The molecule has 4 nitrogen and oxygen atoms in total. The van der Waals surface area contributed by atoms with Crippen molar-refractivity contribution in [1.82, 2.24) is 9.78 Å². The van der Waals surface area contributed by atoms with E-state index in [-0.39, 0.29) is 5.78 Å². The molecule has 0 amide bonds. The second-order valence-electron chi connectivity index (χ2n) is 5.11. The summed E-state index contributed by atoms with van der Waals surface area (Å²) in [6, 6.07) is 9.70. The number of carbonyl (C=O) groups is 1. The number of para-hydroxylation sites is 1. The van der Waals surface area contributed by atoms with Gasteiger partial charge in [0.25, 0.3) is 0 Å². The topological polar surface area (TPSA) is 44.1 Å². The van der Waals surface area contributed by atoms with Crippen molar-refractivity contribution in [3.05, 3.63) is 47.8 Å². The molecule has 0 spiro atoms. The number of hydrogen-bond acceptors (Lipinski definition) is 3. The van der Waals surface area contributed by atoms with Gasteiger partial charge >= 0.3 is 0 Å². The number of Topliss-reactive ketones (excluding diaryl/α,β-unsaturated/α-hetero) is 1. The molecule has 1 aromatic heterocycles. The van der Waals surface area contributed by atoms with Crippen LogP contribution < -0.4 is 4.74 Å². The van der Waals surface area contributed by atoms with E-state index in [0.29, 0.717) is 30.4 Å². The summed E-state index contributed by atoms with van der Waals surface area (Å²) in [6.45, 7) is 6.49. The van der Waals surface area contributed by atoms with Crippen LogP contribution in [-0.2, 0) is 6.61 Å². The van der Waals surface area contributed by atoms with Crippen molar-refractivity contribution in [3.8, 4) is 5.75 Å². The summed E-state index contributed by atoms with van der Waals surface area (Å²) in [5.41, 5.74) is 1.51. The maximum atomic E-state index is 11.9. The quantitative estimate of drug-likeness (QED) is 0.722. The van der Waals surface area contributed by atoms with Crippen LogP contribution in [0, 0.1) is 0 Å². The zero-order chi connectivity index (χ0) is 15.2. The zero-order valence-electron chi connectivity index (χ0n) is 12.9. The van der Waals surface area contributed by atoms with Gasteiger partial charge in [-0.3, -0.25) is 9.48 Å². The molecule has 112 valence electrons. The summed E-state index contributed by atoms with van der Waals surface area (Å²) in [4.78, 5) is 11.9. The largest absolute Gasteiger partial charge is 0.486 e. The van der Waals surface area contributed by atoms with Crippen molar-refractivity contribution in [3.63, 3.8) is 0 Å². The molecule has 1 heterocycles. The second kappa shape index (κ2) is 7.07. The van der Waals surface area contributed by atoms with E-state index in [2.05, 4.69) is 18.9 Å². The molecule has 0 aliphatic carbocycles. The van der Waals surface area contributed by atoms with Crippen molar-refractivity contribution in [2.75, 3.05) is 0 Å². The van der Waals surface area contributed by atoms with Gasteiger partial charge in [0, 0.05) is 18.7 Å². The average molecular weight is 286 g/mol. The SMILES string of the molecule is CCC(=O)c1ccccc1OCc1ccn(C(C)CC)n1. The Bertz CT molecular complexity index is 604. The van der Waals surface area contributed by atoms with Crippen molar-refractivity contribution < 1.29 is 9.53 Å². The Labute approximate surface area is 125 Å². The number of aromatic nitrogens is 2. The number of ether oxygens (including phenoxy) is 1. The molecule has 2 rings (SSSR count).